The van der Waals surface area contributed by atoms with E-state index in [0.29, 0.717) is 18.2 Å². The van der Waals surface area contributed by atoms with Crippen LogP contribution < -0.4 is 16.4 Å². The molecule has 0 saturated heterocycles. The smallest absolute Gasteiger partial charge is 0.243 e. The number of carbonyl (C=O) groups is 2. The van der Waals surface area contributed by atoms with Crippen molar-refractivity contribution in [1.29, 1.82) is 0 Å². The number of hydrogen-bond acceptors (Lipinski definition) is 4. The molecule has 0 saturated carbocycles. The van der Waals surface area contributed by atoms with Crippen molar-refractivity contribution >= 4 is 17.5 Å². The van der Waals surface area contributed by atoms with Crippen LogP contribution >= 0.6 is 0 Å². The summed E-state index contributed by atoms with van der Waals surface area (Å²) < 4.78 is 2.09. The van der Waals surface area contributed by atoms with Crippen LogP contribution in [0.1, 0.15) is 31.2 Å². The highest BCUT2D eigenvalue weighted by Gasteiger charge is 2.09. The number of nitrogens with one attached hydrogen (secondary N) is 2. The van der Waals surface area contributed by atoms with Crippen LogP contribution in [0.25, 0.3) is 0 Å². The Labute approximate surface area is 141 Å². The molecule has 2 amide bonds. The largest absolute Gasteiger partial charge is 0.346 e. The van der Waals surface area contributed by atoms with E-state index in [9.17, 15) is 9.59 Å². The summed E-state index contributed by atoms with van der Waals surface area (Å²) in [5.41, 5.74) is 6.92. The molecule has 0 unspecified atom stereocenters. The Morgan fingerprint density at radius 1 is 1.29 bits per heavy atom. The van der Waals surface area contributed by atoms with Gasteiger partial charge in [-0.1, -0.05) is 26.0 Å². The van der Waals surface area contributed by atoms with Gasteiger partial charge in [-0.15, -0.1) is 0 Å². The first-order valence-corrected chi connectivity index (χ1v) is 7.86. The molecule has 0 aliphatic heterocycles. The van der Waals surface area contributed by atoms with Gasteiger partial charge >= 0.3 is 0 Å². The van der Waals surface area contributed by atoms with Crippen LogP contribution in [-0.2, 0) is 16.1 Å². The quantitative estimate of drug-likeness (QED) is 0.707. The van der Waals surface area contributed by atoms with Crippen LogP contribution in [0.3, 0.4) is 0 Å². The minimum atomic E-state index is -0.361. The van der Waals surface area contributed by atoms with E-state index in [4.69, 9.17) is 5.73 Å². The second-order valence-electron chi connectivity index (χ2n) is 5.80. The standard InChI is InChI=1S/C17H23N5O2/c1-12(2)17-19-6-7-22(17)11-13-4-3-5-14(8-13)21-16(24)10-20-15(23)9-18/h3-8,12H,9-11,18H2,1-2H3,(H,20,23)(H,21,24). The molecule has 128 valence electrons. The molecule has 7 nitrogen and oxygen atoms in total. The molecule has 0 atom stereocenters. The molecule has 0 spiro atoms. The van der Waals surface area contributed by atoms with Gasteiger partial charge in [0, 0.05) is 30.5 Å². The third kappa shape index (κ3) is 4.92. The third-order valence-corrected chi connectivity index (χ3v) is 3.46. The van der Waals surface area contributed by atoms with Crippen molar-refractivity contribution in [3.05, 3.63) is 48.0 Å². The molecule has 0 aliphatic carbocycles. The number of nitrogens with zero attached hydrogens (tertiary/aromatic N) is 2. The number of imidazole rings is 1. The van der Waals surface area contributed by atoms with Crippen LogP contribution in [0.15, 0.2) is 36.7 Å². The maximum atomic E-state index is 11.8. The lowest BCUT2D eigenvalue weighted by atomic mass is 10.1. The molecule has 2 rings (SSSR count). The summed E-state index contributed by atoms with van der Waals surface area (Å²) in [5, 5.41) is 5.19. The number of nitrogens with two attached hydrogens (primary N) is 1. The summed E-state index contributed by atoms with van der Waals surface area (Å²) in [7, 11) is 0. The predicted molar refractivity (Wildman–Crippen MR) is 92.6 cm³/mol. The fourth-order valence-corrected chi connectivity index (χ4v) is 2.36. The Hall–Kier alpha value is -2.67. The minimum Gasteiger partial charge on any atom is -0.346 e. The second-order valence-corrected chi connectivity index (χ2v) is 5.80. The molecule has 1 aromatic heterocycles. The number of hydrogen-bond donors (Lipinski definition) is 3. The molecular weight excluding hydrogens is 306 g/mol. The van der Waals surface area contributed by atoms with Gasteiger partial charge in [0.1, 0.15) is 5.82 Å². The maximum absolute atomic E-state index is 11.8. The van der Waals surface area contributed by atoms with Crippen molar-refractivity contribution < 1.29 is 9.59 Å². The number of aromatic nitrogens is 2. The van der Waals surface area contributed by atoms with Crippen molar-refractivity contribution in [1.82, 2.24) is 14.9 Å². The van der Waals surface area contributed by atoms with Crippen LogP contribution in [0, 0.1) is 0 Å². The highest BCUT2D eigenvalue weighted by atomic mass is 16.2. The van der Waals surface area contributed by atoms with Gasteiger partial charge in [0.05, 0.1) is 13.1 Å². The Bertz CT molecular complexity index is 709. The Morgan fingerprint density at radius 3 is 2.79 bits per heavy atom. The van der Waals surface area contributed by atoms with Crippen molar-refractivity contribution in [3.63, 3.8) is 0 Å². The topological polar surface area (TPSA) is 102 Å². The monoisotopic (exact) mass is 329 g/mol. The van der Waals surface area contributed by atoms with Crippen molar-refractivity contribution in [2.24, 2.45) is 5.73 Å². The summed E-state index contributed by atoms with van der Waals surface area (Å²) >= 11 is 0. The zero-order chi connectivity index (χ0) is 17.5. The highest BCUT2D eigenvalue weighted by Crippen LogP contribution is 2.16. The molecule has 1 aromatic carbocycles. The Morgan fingerprint density at radius 2 is 2.08 bits per heavy atom. The van der Waals surface area contributed by atoms with Crippen LogP contribution in [0.5, 0.6) is 0 Å². The number of amides is 2. The van der Waals surface area contributed by atoms with Crippen LogP contribution in [0.2, 0.25) is 0 Å². The van der Waals surface area contributed by atoms with E-state index in [1.807, 2.05) is 30.5 Å². The highest BCUT2D eigenvalue weighted by molar-refractivity contribution is 5.94. The van der Waals surface area contributed by atoms with Crippen LogP contribution in [-0.4, -0.2) is 34.5 Å². The van der Waals surface area contributed by atoms with Gasteiger partial charge in [0.15, 0.2) is 0 Å². The zero-order valence-corrected chi connectivity index (χ0v) is 14.0. The molecule has 4 N–H and O–H groups in total. The fourth-order valence-electron chi connectivity index (χ4n) is 2.36. The molecule has 2 aromatic rings. The Kier molecular flexibility index (Phi) is 6.08. The lowest BCUT2D eigenvalue weighted by Gasteiger charge is -2.12. The molecule has 7 heteroatoms. The first-order chi connectivity index (χ1) is 11.5. The lowest BCUT2D eigenvalue weighted by molar-refractivity contribution is -0.123. The second kappa shape index (κ2) is 8.26. The maximum Gasteiger partial charge on any atom is 0.243 e. The van der Waals surface area contributed by atoms with E-state index in [1.165, 1.54) is 0 Å². The van der Waals surface area contributed by atoms with Crippen molar-refractivity contribution in [3.8, 4) is 0 Å². The van der Waals surface area contributed by atoms with Gasteiger partial charge in [-0.05, 0) is 17.7 Å². The van der Waals surface area contributed by atoms with Gasteiger partial charge in [0.25, 0.3) is 0 Å². The van der Waals surface area contributed by atoms with E-state index in [1.54, 1.807) is 6.20 Å². The van der Waals surface area contributed by atoms with E-state index < -0.39 is 0 Å². The van der Waals surface area contributed by atoms with Crippen molar-refractivity contribution in [2.75, 3.05) is 18.4 Å². The summed E-state index contributed by atoms with van der Waals surface area (Å²) in [6, 6.07) is 7.60. The first kappa shape index (κ1) is 17.7. The molecule has 24 heavy (non-hydrogen) atoms. The molecule has 0 aliphatic rings. The van der Waals surface area contributed by atoms with Crippen molar-refractivity contribution in [2.45, 2.75) is 26.3 Å². The summed E-state index contributed by atoms with van der Waals surface area (Å²) in [4.78, 5) is 27.3. The van der Waals surface area contributed by atoms with E-state index >= 15 is 0 Å². The molecule has 1 heterocycles. The Balaban J connectivity index is 1.99. The van der Waals surface area contributed by atoms with Gasteiger partial charge in [-0.3, -0.25) is 9.59 Å². The normalized spacial score (nSPS) is 10.7. The number of rotatable bonds is 7. The number of anilines is 1. The molecule has 0 bridgehead atoms. The first-order valence-electron chi connectivity index (χ1n) is 7.86. The molecule has 0 fully saturated rings. The molecule has 0 radical (unpaired) electrons. The average Bonchev–Trinajstić information content (AvgIpc) is 3.01. The summed E-state index contributed by atoms with van der Waals surface area (Å²) in [6.45, 7) is 4.66. The lowest BCUT2D eigenvalue weighted by Crippen LogP contribution is -2.36. The predicted octanol–water partition coefficient (Wildman–Crippen LogP) is 1.07. The van der Waals surface area contributed by atoms with E-state index in [2.05, 4.69) is 34.0 Å². The van der Waals surface area contributed by atoms with Gasteiger partial charge in [-0.2, -0.15) is 0 Å². The molecular formula is C17H23N5O2. The fraction of sp³-hybridized carbons (Fsp3) is 0.353. The average molecular weight is 329 g/mol. The van der Waals surface area contributed by atoms with E-state index in [-0.39, 0.29) is 24.9 Å². The van der Waals surface area contributed by atoms with Gasteiger partial charge in [0.2, 0.25) is 11.8 Å². The third-order valence-electron chi connectivity index (χ3n) is 3.46. The van der Waals surface area contributed by atoms with E-state index in [0.717, 1.165) is 11.4 Å². The SMILES string of the molecule is CC(C)c1nccn1Cc1cccc(NC(=O)CNC(=O)CN)c1. The zero-order valence-electron chi connectivity index (χ0n) is 14.0. The van der Waals surface area contributed by atoms with Gasteiger partial charge < -0.3 is 20.9 Å². The minimum absolute atomic E-state index is 0.0979. The van der Waals surface area contributed by atoms with Gasteiger partial charge in [-0.25, -0.2) is 4.98 Å². The summed E-state index contributed by atoms with van der Waals surface area (Å²) in [5.74, 6) is 0.711. The number of benzene rings is 1. The summed E-state index contributed by atoms with van der Waals surface area (Å²) in [6.07, 6.45) is 3.74. The van der Waals surface area contributed by atoms with Crippen LogP contribution in [0.4, 0.5) is 5.69 Å². The number of carbonyl (C=O) groups excluding carboxylic acids is 2.